The minimum absolute atomic E-state index is 0. The molecule has 82 valence electrons. The Morgan fingerprint density at radius 2 is 1.46 bits per heavy atom. The molecule has 0 heterocycles. The molecular formula is C6H14N2O4Pt. The summed E-state index contributed by atoms with van der Waals surface area (Å²) in [5.74, 6) is -3.96. The van der Waals surface area contributed by atoms with Gasteiger partial charge >= 0.3 is 11.9 Å². The smallest absolute Gasteiger partial charge is 0.321 e. The fourth-order valence-corrected chi connectivity index (χ4v) is 0.659. The van der Waals surface area contributed by atoms with E-state index in [2.05, 4.69) is 0 Å². The summed E-state index contributed by atoms with van der Waals surface area (Å²) in [4.78, 5) is 21.4. The summed E-state index contributed by atoms with van der Waals surface area (Å²) in [5.41, 5.74) is -2.99. The van der Waals surface area contributed by atoms with Crippen LogP contribution in [0.5, 0.6) is 0 Å². The van der Waals surface area contributed by atoms with E-state index in [0.29, 0.717) is 0 Å². The molecule has 0 aromatic carbocycles. The van der Waals surface area contributed by atoms with Gasteiger partial charge in [-0.1, -0.05) is 0 Å². The minimum atomic E-state index is -2.99. The van der Waals surface area contributed by atoms with E-state index < -0.39 is 36.5 Å². The van der Waals surface area contributed by atoms with Crippen molar-refractivity contribution in [1.29, 1.82) is 0 Å². The molecule has 1 saturated carbocycles. The van der Waals surface area contributed by atoms with E-state index >= 15 is 0 Å². The summed E-state index contributed by atoms with van der Waals surface area (Å²) in [6, 6.07) is 0. The standard InChI is InChI=1S/C6H8O4.2H3N.Pt/c7-4(8)6(5(9)10)2-1-3-6;;;/h1-3H2,(H,7,8)(H,9,10);2*1H3;/i2D2,3D2;;;. The van der Waals surface area contributed by atoms with Gasteiger partial charge in [-0.25, -0.2) is 0 Å². The maximum atomic E-state index is 10.7. The van der Waals surface area contributed by atoms with Gasteiger partial charge in [-0.05, 0) is 19.2 Å². The summed E-state index contributed by atoms with van der Waals surface area (Å²) in [6.45, 7) is 0. The number of hydrogen-bond acceptors (Lipinski definition) is 4. The molecule has 0 unspecified atom stereocenters. The molecule has 0 radical (unpaired) electrons. The van der Waals surface area contributed by atoms with E-state index in [1.54, 1.807) is 0 Å². The van der Waals surface area contributed by atoms with Crippen molar-refractivity contribution >= 4 is 11.9 Å². The average molecular weight is 377 g/mol. The summed E-state index contributed by atoms with van der Waals surface area (Å²) < 4.78 is 28.6. The van der Waals surface area contributed by atoms with Crippen molar-refractivity contribution in [1.82, 2.24) is 12.3 Å². The van der Waals surface area contributed by atoms with Gasteiger partial charge < -0.3 is 22.5 Å². The molecule has 1 aliphatic carbocycles. The van der Waals surface area contributed by atoms with E-state index in [9.17, 15) is 9.59 Å². The molecule has 1 fully saturated rings. The van der Waals surface area contributed by atoms with Crippen LogP contribution in [0.1, 0.15) is 24.6 Å². The quantitative estimate of drug-likeness (QED) is 0.520. The monoisotopic (exact) mass is 377 g/mol. The van der Waals surface area contributed by atoms with Gasteiger partial charge in [0.1, 0.15) is 0 Å². The molecule has 0 aromatic rings. The van der Waals surface area contributed by atoms with Crippen LogP contribution in [0, 0.1) is 5.41 Å². The molecule has 7 heteroatoms. The molecule has 0 atom stereocenters. The normalized spacial score (nSPS) is 28.6. The minimum Gasteiger partial charge on any atom is -0.480 e. The van der Waals surface area contributed by atoms with Gasteiger partial charge in [0.05, 0.1) is 0 Å². The first-order valence-electron chi connectivity index (χ1n) is 4.56. The van der Waals surface area contributed by atoms with Crippen molar-refractivity contribution in [2.24, 2.45) is 5.41 Å². The van der Waals surface area contributed by atoms with Crippen LogP contribution in [0.4, 0.5) is 0 Å². The predicted molar refractivity (Wildman–Crippen MR) is 41.6 cm³/mol. The fraction of sp³-hybridized carbons (Fsp3) is 0.667. The maximum absolute atomic E-state index is 10.7. The zero-order chi connectivity index (χ0) is 11.4. The number of carbonyl (C=O) groups is 2. The second-order valence-corrected chi connectivity index (χ2v) is 1.89. The molecule has 1 rings (SSSR count). The SMILES string of the molecule is N.N.[2H]C1([2H])CC([2H])([2H])C1(C(=O)O)C(=O)O.[Pt]. The summed E-state index contributed by atoms with van der Waals surface area (Å²) in [7, 11) is 0. The molecule has 13 heavy (non-hydrogen) atoms. The first-order chi connectivity index (χ1) is 6.09. The van der Waals surface area contributed by atoms with Crippen LogP contribution in [0.15, 0.2) is 0 Å². The Balaban J connectivity index is -0.000000653. The molecule has 1 aliphatic rings. The van der Waals surface area contributed by atoms with Gasteiger partial charge in [0.2, 0.25) is 0 Å². The van der Waals surface area contributed by atoms with Gasteiger partial charge in [0.25, 0.3) is 0 Å². The Bertz CT molecular complexity index is 295. The molecule has 0 aromatic heterocycles. The Kier molecular flexibility index (Phi) is 4.26. The third kappa shape index (κ3) is 2.76. The Morgan fingerprint density at radius 3 is 1.54 bits per heavy atom. The van der Waals surface area contributed by atoms with Gasteiger partial charge in [0.15, 0.2) is 5.41 Å². The molecule has 0 aliphatic heterocycles. The number of rotatable bonds is 2. The Labute approximate surface area is 95.7 Å². The van der Waals surface area contributed by atoms with Crippen LogP contribution in [0.3, 0.4) is 0 Å². The molecule has 6 nitrogen and oxygen atoms in total. The van der Waals surface area contributed by atoms with Crippen molar-refractivity contribution < 1.29 is 46.4 Å². The van der Waals surface area contributed by atoms with Crippen LogP contribution >= 0.6 is 0 Å². The Hall–Kier alpha value is -0.452. The van der Waals surface area contributed by atoms with Crippen LogP contribution in [-0.2, 0) is 30.7 Å². The van der Waals surface area contributed by atoms with Crippen LogP contribution in [0.25, 0.3) is 0 Å². The zero-order valence-corrected chi connectivity index (χ0v) is 8.92. The largest absolute Gasteiger partial charge is 0.480 e. The molecule has 0 bridgehead atoms. The van der Waals surface area contributed by atoms with Crippen molar-refractivity contribution in [2.75, 3.05) is 0 Å². The van der Waals surface area contributed by atoms with E-state index in [0.717, 1.165) is 0 Å². The summed E-state index contributed by atoms with van der Waals surface area (Å²) in [6.07, 6.45) is -5.85. The van der Waals surface area contributed by atoms with Gasteiger partial charge in [-0.2, -0.15) is 0 Å². The van der Waals surface area contributed by atoms with Crippen LogP contribution < -0.4 is 12.3 Å². The predicted octanol–water partition coefficient (Wildman–Crippen LogP) is 0.647. The number of carboxylic acids is 2. The van der Waals surface area contributed by atoms with Crippen LogP contribution in [-0.4, -0.2) is 22.2 Å². The molecular weight excluding hydrogens is 359 g/mol. The van der Waals surface area contributed by atoms with E-state index in [1.807, 2.05) is 0 Å². The number of aliphatic carboxylic acids is 2. The van der Waals surface area contributed by atoms with E-state index in [1.165, 1.54) is 0 Å². The fourth-order valence-electron chi connectivity index (χ4n) is 0.659. The molecule has 0 saturated heterocycles. The second-order valence-electron chi connectivity index (χ2n) is 1.89. The average Bonchev–Trinajstić information content (AvgIpc) is 1.77. The van der Waals surface area contributed by atoms with Crippen molar-refractivity contribution in [2.45, 2.75) is 19.2 Å². The Morgan fingerprint density at radius 1 is 1.15 bits per heavy atom. The molecule has 0 spiro atoms. The third-order valence-corrected chi connectivity index (χ3v) is 1.35. The van der Waals surface area contributed by atoms with Gasteiger partial charge in [-0.3, -0.25) is 9.59 Å². The van der Waals surface area contributed by atoms with Crippen molar-refractivity contribution in [3.05, 3.63) is 0 Å². The zero-order valence-electron chi connectivity index (χ0n) is 10.6. The van der Waals surface area contributed by atoms with E-state index in [4.69, 9.17) is 15.7 Å². The second kappa shape index (κ2) is 6.07. The molecule has 0 amide bonds. The van der Waals surface area contributed by atoms with Crippen LogP contribution in [0.2, 0.25) is 0 Å². The topological polar surface area (TPSA) is 145 Å². The first-order valence-corrected chi connectivity index (χ1v) is 2.56. The van der Waals surface area contributed by atoms with Crippen molar-refractivity contribution in [3.63, 3.8) is 0 Å². The van der Waals surface area contributed by atoms with Gasteiger partial charge in [0, 0.05) is 26.5 Å². The maximum Gasteiger partial charge on any atom is 0.321 e. The van der Waals surface area contributed by atoms with E-state index in [-0.39, 0.29) is 33.4 Å². The number of carboxylic acid groups (broad SMARTS) is 2. The summed E-state index contributed by atoms with van der Waals surface area (Å²) in [5, 5.41) is 17.3. The molecule has 8 N–H and O–H groups in total. The number of hydrogen-bond donors (Lipinski definition) is 4. The third-order valence-electron chi connectivity index (χ3n) is 1.35. The first kappa shape index (κ1) is 9.12. The van der Waals surface area contributed by atoms with Gasteiger partial charge in [-0.15, -0.1) is 0 Å². The van der Waals surface area contributed by atoms with Crippen molar-refractivity contribution in [3.8, 4) is 0 Å². The summed E-state index contributed by atoms with van der Waals surface area (Å²) >= 11 is 0.